The van der Waals surface area contributed by atoms with Gasteiger partial charge in [0.25, 0.3) is 0 Å². The molecule has 4 saturated carbocycles. The summed E-state index contributed by atoms with van der Waals surface area (Å²) in [6, 6.07) is 0.473. The van der Waals surface area contributed by atoms with E-state index in [2.05, 4.69) is 0 Å². The maximum Gasteiger partial charge on any atom is 0.248 e. The third-order valence-corrected chi connectivity index (χ3v) is 5.82. The van der Waals surface area contributed by atoms with Crippen molar-refractivity contribution in [2.45, 2.75) is 45.1 Å². The van der Waals surface area contributed by atoms with Gasteiger partial charge in [-0.1, -0.05) is 0 Å². The number of hydrogen-bond donors (Lipinski definition) is 0. The molecule has 0 radical (unpaired) electrons. The van der Waals surface area contributed by atoms with Gasteiger partial charge in [0.1, 0.15) is 6.61 Å². The van der Waals surface area contributed by atoms with Crippen molar-refractivity contribution in [1.82, 2.24) is 4.90 Å². The predicted molar refractivity (Wildman–Crippen MR) is 80.9 cm³/mol. The van der Waals surface area contributed by atoms with E-state index in [1.54, 1.807) is 0 Å². The average molecular weight is 295 g/mol. The number of carbonyl (C=O) groups is 1. The summed E-state index contributed by atoms with van der Waals surface area (Å²) in [6.07, 6.45) is 6.85. The van der Waals surface area contributed by atoms with Gasteiger partial charge in [-0.15, -0.1) is 0 Å². The average Bonchev–Trinajstić information content (AvgIpc) is 2.45. The Balaban J connectivity index is 1.48. The second kappa shape index (κ2) is 6.66. The van der Waals surface area contributed by atoms with Crippen molar-refractivity contribution >= 4 is 5.91 Å². The molecular formula is C17H29NO3. The molecule has 0 aliphatic heterocycles. The molecule has 1 amide bonds. The molecule has 4 bridgehead atoms. The van der Waals surface area contributed by atoms with Gasteiger partial charge >= 0.3 is 0 Å². The highest BCUT2D eigenvalue weighted by Crippen LogP contribution is 2.54. The molecule has 4 aliphatic rings. The molecule has 0 heterocycles. The van der Waals surface area contributed by atoms with E-state index in [0.717, 1.165) is 23.7 Å². The highest BCUT2D eigenvalue weighted by molar-refractivity contribution is 5.77. The molecule has 0 aromatic heterocycles. The molecule has 0 spiro atoms. The van der Waals surface area contributed by atoms with Crippen LogP contribution in [0.25, 0.3) is 0 Å². The Bertz CT molecular complexity index is 343. The van der Waals surface area contributed by atoms with Gasteiger partial charge in [0.15, 0.2) is 0 Å². The molecule has 4 heteroatoms. The molecular weight excluding hydrogens is 266 g/mol. The molecule has 4 rings (SSSR count). The fourth-order valence-corrected chi connectivity index (χ4v) is 5.22. The van der Waals surface area contributed by atoms with Gasteiger partial charge in [-0.3, -0.25) is 4.79 Å². The molecule has 4 fully saturated rings. The van der Waals surface area contributed by atoms with Gasteiger partial charge in [-0.2, -0.15) is 0 Å². The number of ether oxygens (including phenoxy) is 2. The topological polar surface area (TPSA) is 38.8 Å². The first-order chi connectivity index (χ1) is 10.2. The van der Waals surface area contributed by atoms with E-state index in [9.17, 15) is 4.79 Å². The van der Waals surface area contributed by atoms with Crippen molar-refractivity contribution in [3.8, 4) is 0 Å². The minimum atomic E-state index is 0.143. The van der Waals surface area contributed by atoms with Crippen LogP contribution >= 0.6 is 0 Å². The van der Waals surface area contributed by atoms with Gasteiger partial charge in [-0.05, 0) is 62.7 Å². The highest BCUT2D eigenvalue weighted by atomic mass is 16.5. The molecule has 21 heavy (non-hydrogen) atoms. The minimum absolute atomic E-state index is 0.143. The van der Waals surface area contributed by atoms with Crippen molar-refractivity contribution in [3.63, 3.8) is 0 Å². The zero-order chi connectivity index (χ0) is 14.8. The normalized spacial score (nSPS) is 37.0. The Labute approximate surface area is 128 Å². The second-order valence-electron chi connectivity index (χ2n) is 7.18. The van der Waals surface area contributed by atoms with Crippen LogP contribution in [0.1, 0.15) is 39.0 Å². The number of likely N-dealkylation sites (N-methyl/N-ethyl adjacent to an activating group) is 1. The maximum atomic E-state index is 12.4. The number of rotatable bonds is 7. The Morgan fingerprint density at radius 1 is 1.00 bits per heavy atom. The lowest BCUT2D eigenvalue weighted by Crippen LogP contribution is -2.56. The SMILES string of the molecule is CCOCCOCC(=O)N(C)C1C2CC3CC(C2)CC1C3. The lowest BCUT2D eigenvalue weighted by atomic mass is 9.54. The van der Waals surface area contributed by atoms with Crippen molar-refractivity contribution < 1.29 is 14.3 Å². The summed E-state index contributed by atoms with van der Waals surface area (Å²) < 4.78 is 10.7. The highest BCUT2D eigenvalue weighted by Gasteiger charge is 2.50. The van der Waals surface area contributed by atoms with Crippen molar-refractivity contribution in [2.24, 2.45) is 23.7 Å². The lowest BCUT2D eigenvalue weighted by Gasteiger charge is -2.56. The Morgan fingerprint density at radius 3 is 2.14 bits per heavy atom. The van der Waals surface area contributed by atoms with E-state index < -0.39 is 0 Å². The quantitative estimate of drug-likeness (QED) is 0.677. The molecule has 0 atom stereocenters. The molecule has 0 saturated heterocycles. The fraction of sp³-hybridized carbons (Fsp3) is 0.941. The summed E-state index contributed by atoms with van der Waals surface area (Å²) in [5, 5.41) is 0. The first kappa shape index (κ1) is 15.3. The van der Waals surface area contributed by atoms with Crippen LogP contribution in [-0.2, 0) is 14.3 Å². The van der Waals surface area contributed by atoms with E-state index in [0.29, 0.717) is 25.9 Å². The Morgan fingerprint density at radius 2 is 1.57 bits per heavy atom. The van der Waals surface area contributed by atoms with Gasteiger partial charge in [-0.25, -0.2) is 0 Å². The van der Waals surface area contributed by atoms with Crippen LogP contribution in [0.2, 0.25) is 0 Å². The van der Waals surface area contributed by atoms with Gasteiger partial charge in [0.05, 0.1) is 13.2 Å². The van der Waals surface area contributed by atoms with Gasteiger partial charge < -0.3 is 14.4 Å². The third-order valence-electron chi connectivity index (χ3n) is 5.82. The van der Waals surface area contributed by atoms with Crippen LogP contribution in [0, 0.1) is 23.7 Å². The van der Waals surface area contributed by atoms with E-state index in [-0.39, 0.29) is 12.5 Å². The molecule has 4 aliphatic carbocycles. The van der Waals surface area contributed by atoms with Crippen molar-refractivity contribution in [1.29, 1.82) is 0 Å². The molecule has 0 N–H and O–H groups in total. The van der Waals surface area contributed by atoms with Crippen molar-refractivity contribution in [2.75, 3.05) is 33.5 Å². The lowest BCUT2D eigenvalue weighted by molar-refractivity contribution is -0.146. The number of hydrogen-bond acceptors (Lipinski definition) is 3. The number of nitrogens with zero attached hydrogens (tertiary/aromatic N) is 1. The monoisotopic (exact) mass is 295 g/mol. The standard InChI is InChI=1S/C17H29NO3/c1-3-20-4-5-21-11-16(19)18(2)17-14-7-12-6-13(9-14)10-15(17)8-12/h12-15,17H,3-11H2,1-2H3. The molecule has 120 valence electrons. The number of amides is 1. The van der Waals surface area contributed by atoms with Crippen LogP contribution in [0.3, 0.4) is 0 Å². The first-order valence-corrected chi connectivity index (χ1v) is 8.60. The van der Waals surface area contributed by atoms with Gasteiger partial charge in [0, 0.05) is 19.7 Å². The van der Waals surface area contributed by atoms with Crippen molar-refractivity contribution in [3.05, 3.63) is 0 Å². The Kier molecular flexibility index (Phi) is 4.85. The largest absolute Gasteiger partial charge is 0.379 e. The maximum absolute atomic E-state index is 12.4. The summed E-state index contributed by atoms with van der Waals surface area (Å²) in [4.78, 5) is 14.4. The molecule has 0 unspecified atom stereocenters. The van der Waals surface area contributed by atoms with Crippen LogP contribution in [0.4, 0.5) is 0 Å². The molecule has 4 nitrogen and oxygen atoms in total. The summed E-state index contributed by atoms with van der Waals surface area (Å²) in [7, 11) is 1.99. The molecule has 0 aromatic carbocycles. The van der Waals surface area contributed by atoms with Crippen LogP contribution in [0.5, 0.6) is 0 Å². The fourth-order valence-electron chi connectivity index (χ4n) is 5.22. The minimum Gasteiger partial charge on any atom is -0.379 e. The van der Waals surface area contributed by atoms with Crippen LogP contribution in [-0.4, -0.2) is 50.3 Å². The summed E-state index contributed by atoms with van der Waals surface area (Å²) in [6.45, 7) is 3.95. The smallest absolute Gasteiger partial charge is 0.248 e. The van der Waals surface area contributed by atoms with Crippen LogP contribution < -0.4 is 0 Å². The summed E-state index contributed by atoms with van der Waals surface area (Å²) >= 11 is 0. The summed E-state index contributed by atoms with van der Waals surface area (Å²) in [5.74, 6) is 3.55. The summed E-state index contributed by atoms with van der Waals surface area (Å²) in [5.41, 5.74) is 0. The first-order valence-electron chi connectivity index (χ1n) is 8.60. The third kappa shape index (κ3) is 3.26. The zero-order valence-corrected chi connectivity index (χ0v) is 13.4. The van der Waals surface area contributed by atoms with Gasteiger partial charge in [0.2, 0.25) is 5.91 Å². The Hall–Kier alpha value is -0.610. The van der Waals surface area contributed by atoms with E-state index in [1.807, 2.05) is 18.9 Å². The number of carbonyl (C=O) groups excluding carboxylic acids is 1. The second-order valence-corrected chi connectivity index (χ2v) is 7.18. The van der Waals surface area contributed by atoms with E-state index >= 15 is 0 Å². The van der Waals surface area contributed by atoms with E-state index in [1.165, 1.54) is 32.1 Å². The van der Waals surface area contributed by atoms with E-state index in [4.69, 9.17) is 9.47 Å². The van der Waals surface area contributed by atoms with Crippen LogP contribution in [0.15, 0.2) is 0 Å². The zero-order valence-electron chi connectivity index (χ0n) is 13.4. The molecule has 0 aromatic rings. The predicted octanol–water partition coefficient (Wildman–Crippen LogP) is 2.32.